The summed E-state index contributed by atoms with van der Waals surface area (Å²) in [6, 6.07) is 0. The van der Waals surface area contributed by atoms with Gasteiger partial charge in [-0.15, -0.1) is 0 Å². The smallest absolute Gasteiger partial charge is 0.0275 e. The largest absolute Gasteiger partial charge is 0.0602 e. The Bertz CT molecular complexity index is 346. The van der Waals surface area contributed by atoms with Crippen molar-refractivity contribution in [2.75, 3.05) is 0 Å². The van der Waals surface area contributed by atoms with Gasteiger partial charge >= 0.3 is 0 Å². The molecule has 3 aliphatic carbocycles. The lowest BCUT2D eigenvalue weighted by atomic mass is 9.53. The molecule has 0 heterocycles. The number of fused-ring (bicyclic) bond motifs is 2. The van der Waals surface area contributed by atoms with Crippen molar-refractivity contribution in [1.82, 2.24) is 0 Å². The highest BCUT2D eigenvalue weighted by molar-refractivity contribution is 4.96. The van der Waals surface area contributed by atoms with Gasteiger partial charge in [0.15, 0.2) is 0 Å². The summed E-state index contributed by atoms with van der Waals surface area (Å²) < 4.78 is 18.0. The molecule has 0 bridgehead atoms. The van der Waals surface area contributed by atoms with E-state index >= 15 is 0 Å². The highest BCUT2D eigenvalue weighted by Crippen LogP contribution is 2.55. The summed E-state index contributed by atoms with van der Waals surface area (Å²) in [7, 11) is 0. The zero-order valence-electron chi connectivity index (χ0n) is 15.3. The summed E-state index contributed by atoms with van der Waals surface area (Å²) in [5.41, 5.74) is -0.237. The first-order chi connectivity index (χ1) is 9.82. The molecule has 0 heteroatoms. The third-order valence-corrected chi connectivity index (χ3v) is 6.06. The summed E-state index contributed by atoms with van der Waals surface area (Å²) >= 11 is 0. The average molecular weight is 264 g/mol. The molecular weight excluding hydrogens is 228 g/mol. The van der Waals surface area contributed by atoms with Crippen LogP contribution in [-0.4, -0.2) is 0 Å². The quantitative estimate of drug-likeness (QED) is 0.540. The molecule has 0 radical (unpaired) electrons. The Hall–Kier alpha value is 0. The molecule has 19 heavy (non-hydrogen) atoms. The molecule has 3 saturated carbocycles. The van der Waals surface area contributed by atoms with Crippen LogP contribution in [0.2, 0.25) is 0 Å². The molecule has 0 amide bonds. The van der Waals surface area contributed by atoms with Gasteiger partial charge in [-0.2, -0.15) is 0 Å². The maximum atomic E-state index is 8.98. The van der Waals surface area contributed by atoms with E-state index in [1.807, 2.05) is 0 Å². The van der Waals surface area contributed by atoms with Crippen LogP contribution < -0.4 is 0 Å². The summed E-state index contributed by atoms with van der Waals surface area (Å²) in [5, 5.41) is 0. The van der Waals surface area contributed by atoms with Crippen molar-refractivity contribution in [1.29, 1.82) is 0 Å². The van der Waals surface area contributed by atoms with Crippen LogP contribution in [0.25, 0.3) is 0 Å². The molecule has 4 unspecified atom stereocenters. The standard InChI is InChI=1S/C19H34/c1-19(2,3)13-18-16-10-6-4-8-14(16)12-15-9-5-7-11-17(15)18/h14-18H,4-13H2,1-3H3/i13D2. The van der Waals surface area contributed by atoms with Crippen LogP contribution in [0.5, 0.6) is 0 Å². The van der Waals surface area contributed by atoms with Gasteiger partial charge in [0.2, 0.25) is 0 Å². The Morgan fingerprint density at radius 1 is 0.842 bits per heavy atom. The van der Waals surface area contributed by atoms with E-state index in [2.05, 4.69) is 20.8 Å². The van der Waals surface area contributed by atoms with E-state index in [0.717, 1.165) is 11.8 Å². The second-order valence-electron chi connectivity index (χ2n) is 8.57. The summed E-state index contributed by atoms with van der Waals surface area (Å²) in [6.45, 7) is 6.37. The predicted octanol–water partition coefficient (Wildman–Crippen LogP) is 6.06. The second-order valence-corrected chi connectivity index (χ2v) is 8.57. The van der Waals surface area contributed by atoms with Crippen molar-refractivity contribution < 1.29 is 2.74 Å². The topological polar surface area (TPSA) is 0 Å². The van der Waals surface area contributed by atoms with E-state index in [9.17, 15) is 0 Å². The molecule has 110 valence electrons. The van der Waals surface area contributed by atoms with Gasteiger partial charge in [-0.1, -0.05) is 59.3 Å². The lowest BCUT2D eigenvalue weighted by molar-refractivity contribution is -0.0288. The van der Waals surface area contributed by atoms with Gasteiger partial charge in [0.05, 0.1) is 0 Å². The molecule has 0 aromatic rings. The fourth-order valence-corrected chi connectivity index (χ4v) is 5.42. The second kappa shape index (κ2) is 5.41. The minimum atomic E-state index is -1.02. The fourth-order valence-electron chi connectivity index (χ4n) is 5.42. The fraction of sp³-hybridized carbons (Fsp3) is 1.00. The molecule has 0 nitrogen and oxygen atoms in total. The summed E-state index contributed by atoms with van der Waals surface area (Å²) in [6.07, 6.45) is 11.2. The van der Waals surface area contributed by atoms with Gasteiger partial charge in [-0.25, -0.2) is 0 Å². The molecular formula is C19H34. The first-order valence-corrected chi connectivity index (χ1v) is 8.82. The molecule has 0 aromatic heterocycles. The Labute approximate surface area is 123 Å². The van der Waals surface area contributed by atoms with Gasteiger partial charge < -0.3 is 0 Å². The van der Waals surface area contributed by atoms with E-state index in [1.165, 1.54) is 57.8 Å². The lowest BCUT2D eigenvalue weighted by Crippen LogP contribution is -2.44. The van der Waals surface area contributed by atoms with Crippen molar-refractivity contribution >= 4 is 0 Å². The van der Waals surface area contributed by atoms with Crippen molar-refractivity contribution in [3.8, 4) is 0 Å². The summed E-state index contributed by atoms with van der Waals surface area (Å²) in [4.78, 5) is 0. The van der Waals surface area contributed by atoms with Crippen LogP contribution in [0, 0.1) is 35.0 Å². The molecule has 3 rings (SSSR count). The Morgan fingerprint density at radius 3 is 1.79 bits per heavy atom. The summed E-state index contributed by atoms with van der Waals surface area (Å²) in [5.74, 6) is 3.34. The third-order valence-electron chi connectivity index (χ3n) is 6.06. The third kappa shape index (κ3) is 3.03. The van der Waals surface area contributed by atoms with Gasteiger partial charge in [-0.3, -0.25) is 0 Å². The van der Waals surface area contributed by atoms with E-state index in [-0.39, 0.29) is 5.41 Å². The maximum absolute atomic E-state index is 8.98. The van der Waals surface area contributed by atoms with Gasteiger partial charge in [-0.05, 0) is 60.6 Å². The maximum Gasteiger partial charge on any atom is 0.0275 e. The first-order valence-electron chi connectivity index (χ1n) is 9.82. The van der Waals surface area contributed by atoms with E-state index < -0.39 is 6.37 Å². The van der Waals surface area contributed by atoms with Crippen LogP contribution in [0.4, 0.5) is 0 Å². The SMILES string of the molecule is [2H]C([2H])(C1C2CCCCC2CC2CCCCC21)C(C)(C)C. The molecule has 0 saturated heterocycles. The Balaban J connectivity index is 1.94. The minimum absolute atomic E-state index is 0.237. The molecule has 0 N–H and O–H groups in total. The van der Waals surface area contributed by atoms with E-state index in [0.29, 0.717) is 17.8 Å². The number of hydrogen-bond acceptors (Lipinski definition) is 0. The van der Waals surface area contributed by atoms with E-state index in [1.54, 1.807) is 0 Å². The highest BCUT2D eigenvalue weighted by atomic mass is 14.5. The van der Waals surface area contributed by atoms with Crippen LogP contribution >= 0.6 is 0 Å². The minimum Gasteiger partial charge on any atom is -0.0602 e. The van der Waals surface area contributed by atoms with Crippen LogP contribution in [0.1, 0.15) is 87.7 Å². The van der Waals surface area contributed by atoms with Crippen molar-refractivity contribution in [2.24, 2.45) is 35.0 Å². The molecule has 0 aliphatic heterocycles. The van der Waals surface area contributed by atoms with Crippen LogP contribution in [0.3, 0.4) is 0 Å². The molecule has 0 aromatic carbocycles. The number of hydrogen-bond donors (Lipinski definition) is 0. The van der Waals surface area contributed by atoms with Gasteiger partial charge in [0, 0.05) is 2.74 Å². The van der Waals surface area contributed by atoms with Crippen LogP contribution in [0.15, 0.2) is 0 Å². The highest BCUT2D eigenvalue weighted by Gasteiger charge is 2.46. The molecule has 3 aliphatic rings. The van der Waals surface area contributed by atoms with Crippen LogP contribution in [-0.2, 0) is 0 Å². The predicted molar refractivity (Wildman–Crippen MR) is 83.1 cm³/mol. The molecule has 0 spiro atoms. The molecule has 3 fully saturated rings. The Morgan fingerprint density at radius 2 is 1.32 bits per heavy atom. The zero-order chi connectivity index (χ0) is 15.3. The van der Waals surface area contributed by atoms with Gasteiger partial charge in [0.25, 0.3) is 0 Å². The zero-order valence-corrected chi connectivity index (χ0v) is 13.3. The van der Waals surface area contributed by atoms with Crippen molar-refractivity contribution in [3.63, 3.8) is 0 Å². The Kier molecular flexibility index (Phi) is 3.32. The monoisotopic (exact) mass is 264 g/mol. The van der Waals surface area contributed by atoms with Gasteiger partial charge in [0.1, 0.15) is 0 Å². The lowest BCUT2D eigenvalue weighted by Gasteiger charge is -2.53. The van der Waals surface area contributed by atoms with E-state index in [4.69, 9.17) is 2.74 Å². The van der Waals surface area contributed by atoms with Crippen molar-refractivity contribution in [3.05, 3.63) is 0 Å². The molecule has 4 atom stereocenters. The first kappa shape index (κ1) is 11.6. The number of rotatable bonds is 1. The van der Waals surface area contributed by atoms with Crippen molar-refractivity contribution in [2.45, 2.75) is 84.9 Å². The average Bonchev–Trinajstić information content (AvgIpc) is 2.43. The normalized spacial score (nSPS) is 45.7.